The van der Waals surface area contributed by atoms with E-state index in [1.807, 2.05) is 0 Å². The van der Waals surface area contributed by atoms with E-state index < -0.39 is 0 Å². The van der Waals surface area contributed by atoms with Gasteiger partial charge in [0.1, 0.15) is 0 Å². The van der Waals surface area contributed by atoms with Gasteiger partial charge >= 0.3 is 0 Å². The number of rotatable bonds is 6. The average Bonchev–Trinajstić information content (AvgIpc) is 0.776. The Balaban J connectivity index is 0.891. The molecule has 0 bridgehead atoms. The number of aromatic nitrogens is 2. The zero-order valence-corrected chi connectivity index (χ0v) is 51.0. The summed E-state index contributed by atoms with van der Waals surface area (Å²) in [5, 5.41) is 9.80. The number of fused-ring (bicyclic) bond motifs is 16. The second-order valence-corrected chi connectivity index (χ2v) is 25.6. The molecule has 2 aromatic heterocycles. The molecule has 21 rings (SSSR count). The van der Waals surface area contributed by atoms with Gasteiger partial charge in [0.15, 0.2) is 0 Å². The molecule has 6 nitrogen and oxygen atoms in total. The fraction of sp³-hybridized carbons (Fsp3) is 0. The smallest absolute Gasteiger partial charge is 0.252 e. The van der Waals surface area contributed by atoms with Crippen LogP contribution in [0.5, 0.6) is 0 Å². The van der Waals surface area contributed by atoms with Crippen LogP contribution < -0.4 is 52.4 Å². The van der Waals surface area contributed by atoms with Gasteiger partial charge in [-0.05, 0) is 182 Å². The highest BCUT2D eigenvalue weighted by atomic mass is 15.2. The lowest BCUT2D eigenvalue weighted by molar-refractivity contribution is 1.16. The van der Waals surface area contributed by atoms with Gasteiger partial charge < -0.3 is 28.7 Å². The monoisotopic (exact) mass is 1190 g/mol. The van der Waals surface area contributed by atoms with Gasteiger partial charge in [-0.3, -0.25) is 0 Å². The van der Waals surface area contributed by atoms with Crippen molar-refractivity contribution in [1.29, 1.82) is 0 Å². The molecule has 0 N–H and O–H groups in total. The van der Waals surface area contributed by atoms with Gasteiger partial charge in [0.2, 0.25) is 0 Å². The Kier molecular flexibility index (Phi) is 10.8. The number of para-hydroxylation sites is 8. The minimum Gasteiger partial charge on any atom is -0.311 e. The first kappa shape index (κ1) is 51.5. The number of hydrogen-bond acceptors (Lipinski definition) is 4. The van der Waals surface area contributed by atoms with Gasteiger partial charge in [-0.15, -0.1) is 0 Å². The van der Waals surface area contributed by atoms with Crippen LogP contribution in [-0.2, 0) is 0 Å². The van der Waals surface area contributed by atoms with E-state index in [9.17, 15) is 0 Å². The van der Waals surface area contributed by atoms with Crippen molar-refractivity contribution in [2.24, 2.45) is 0 Å². The van der Waals surface area contributed by atoms with Crippen molar-refractivity contribution < 1.29 is 0 Å². The van der Waals surface area contributed by atoms with Crippen LogP contribution in [0, 0.1) is 0 Å². The first-order valence-corrected chi connectivity index (χ1v) is 32.6. The molecular weight excluding hydrogens is 1140 g/mol. The molecule has 6 heterocycles. The maximum absolute atomic E-state index is 2.65. The second kappa shape index (κ2) is 19.6. The van der Waals surface area contributed by atoms with Crippen LogP contribution in [0.25, 0.3) is 76.5 Å². The van der Waals surface area contributed by atoms with Crippen molar-refractivity contribution in [3.8, 4) is 11.4 Å². The molecule has 4 aliphatic rings. The largest absolute Gasteiger partial charge is 0.311 e. The zero-order valence-electron chi connectivity index (χ0n) is 51.0. The van der Waals surface area contributed by atoms with Gasteiger partial charge in [0.25, 0.3) is 13.4 Å². The highest BCUT2D eigenvalue weighted by Crippen LogP contribution is 2.51. The van der Waals surface area contributed by atoms with E-state index in [1.165, 1.54) is 109 Å². The number of hydrogen-bond donors (Lipinski definition) is 0. The van der Waals surface area contributed by atoms with E-state index in [2.05, 4.69) is 356 Å². The van der Waals surface area contributed by atoms with Crippen LogP contribution in [0.3, 0.4) is 0 Å². The van der Waals surface area contributed by atoms with E-state index >= 15 is 0 Å². The summed E-state index contributed by atoms with van der Waals surface area (Å²) in [6.45, 7) is -0.311. The van der Waals surface area contributed by atoms with E-state index in [1.54, 1.807) is 0 Å². The van der Waals surface area contributed by atoms with Crippen molar-refractivity contribution in [2.45, 2.75) is 0 Å². The summed E-state index contributed by atoms with van der Waals surface area (Å²) in [7, 11) is 0. The van der Waals surface area contributed by atoms with Gasteiger partial charge in [-0.1, -0.05) is 200 Å². The zero-order chi connectivity index (χ0) is 61.3. The first-order valence-electron chi connectivity index (χ1n) is 32.6. The lowest BCUT2D eigenvalue weighted by atomic mass is 9.30. The van der Waals surface area contributed by atoms with Crippen LogP contribution in [0.4, 0.5) is 68.2 Å². The van der Waals surface area contributed by atoms with Crippen molar-refractivity contribution >= 4 is 180 Å². The van der Waals surface area contributed by atoms with Crippen LogP contribution in [-0.4, -0.2) is 22.6 Å². The van der Waals surface area contributed by atoms with Crippen LogP contribution >= 0.6 is 0 Å². The summed E-state index contributed by atoms with van der Waals surface area (Å²) in [4.78, 5) is 10.3. The second-order valence-electron chi connectivity index (χ2n) is 25.6. The highest BCUT2D eigenvalue weighted by Gasteiger charge is 2.49. The van der Waals surface area contributed by atoms with Crippen LogP contribution in [0.15, 0.2) is 328 Å². The fourth-order valence-electron chi connectivity index (χ4n) is 16.9. The molecule has 0 spiro atoms. The molecule has 0 unspecified atom stereocenters. The Morgan fingerprint density at radius 3 is 0.872 bits per heavy atom. The van der Waals surface area contributed by atoms with Crippen molar-refractivity contribution in [2.75, 3.05) is 19.6 Å². The quantitative estimate of drug-likeness (QED) is 0.155. The van der Waals surface area contributed by atoms with E-state index in [0.717, 1.165) is 68.2 Å². The molecule has 17 aromatic rings. The molecule has 15 aromatic carbocycles. The summed E-state index contributed by atoms with van der Waals surface area (Å²) in [5.41, 5.74) is 28.1. The fourth-order valence-corrected chi connectivity index (χ4v) is 16.9. The van der Waals surface area contributed by atoms with E-state index in [4.69, 9.17) is 0 Å². The molecule has 434 valence electrons. The Morgan fingerprint density at radius 2 is 0.489 bits per heavy atom. The molecule has 0 fully saturated rings. The molecule has 8 heteroatoms. The molecule has 0 saturated carbocycles. The maximum atomic E-state index is 2.65. The lowest BCUT2D eigenvalue weighted by Crippen LogP contribution is -2.65. The predicted octanol–water partition coefficient (Wildman–Crippen LogP) is 18.4. The third kappa shape index (κ3) is 7.22. The first-order chi connectivity index (χ1) is 46.7. The van der Waals surface area contributed by atoms with Gasteiger partial charge in [0.05, 0.1) is 33.4 Å². The minimum absolute atomic E-state index is 0.156. The van der Waals surface area contributed by atoms with Crippen molar-refractivity contribution in [3.63, 3.8) is 0 Å². The Morgan fingerprint density at radius 1 is 0.181 bits per heavy atom. The molecule has 0 radical (unpaired) electrons. The van der Waals surface area contributed by atoms with E-state index in [-0.39, 0.29) is 13.4 Å². The van der Waals surface area contributed by atoms with Crippen molar-refractivity contribution in [1.82, 2.24) is 9.13 Å². The summed E-state index contributed by atoms with van der Waals surface area (Å²) >= 11 is 0. The van der Waals surface area contributed by atoms with Crippen molar-refractivity contribution in [3.05, 3.63) is 328 Å². The molecular formula is C86H54B2N6. The summed E-state index contributed by atoms with van der Waals surface area (Å²) < 4.78 is 5.06. The molecule has 0 aliphatic carbocycles. The topological polar surface area (TPSA) is 22.8 Å². The minimum atomic E-state index is -0.156. The summed E-state index contributed by atoms with van der Waals surface area (Å²) in [5.74, 6) is 0. The predicted molar refractivity (Wildman–Crippen MR) is 398 cm³/mol. The molecule has 0 atom stereocenters. The summed E-state index contributed by atoms with van der Waals surface area (Å²) in [6.07, 6.45) is 0. The van der Waals surface area contributed by atoms with Crippen LogP contribution in [0.2, 0.25) is 0 Å². The molecule has 0 amide bonds. The lowest BCUT2D eigenvalue weighted by Gasteiger charge is -2.47. The Labute approximate surface area is 544 Å². The number of nitrogens with zero attached hydrogens (tertiary/aromatic N) is 6. The normalized spacial score (nSPS) is 13.4. The number of benzene rings is 15. The van der Waals surface area contributed by atoms with Crippen LogP contribution in [0.1, 0.15) is 0 Å². The molecule has 94 heavy (non-hydrogen) atoms. The third-order valence-corrected chi connectivity index (χ3v) is 20.7. The van der Waals surface area contributed by atoms with Gasteiger partial charge in [-0.2, -0.15) is 0 Å². The SMILES string of the molecule is c1ccc(N2c3ccccc3B3c4cc5c(cc4N(c4ccccc4)c4cc(-n6c7ccccc7c7cc8ccccc8cc76)cc2c43)N(c2ccccc2)c2cc(-n3c4ccccc4c4cc6ccccc6cc43)cc3c2B5c2ccccc2N3c2ccccc2)cc1. The Hall–Kier alpha value is -12.3. The standard InChI is InChI=1S/C86H54B2N6/c1-5-29-59(30-6-1)89-75-43-23-19-39-69(75)87-71-53-72-80(54-79(71)91(61-33-9-3-10-34-61)83-51-63(49-81(89)85(83)87)93-73-41-21-17-37-65(73)67-45-55-25-13-15-27-57(55)47-77(67)93)92(62-35-11-4-12-36-62)84-52-64(94-74-42-22-18-38-66(74)68-46-56-26-14-16-28-58(56)48-78(68)94)50-82-86(84)88(72)70-40-20-24-44-76(70)90(82)60-31-7-2-8-32-60/h1-54H. The highest BCUT2D eigenvalue weighted by molar-refractivity contribution is 7.03. The maximum Gasteiger partial charge on any atom is 0.252 e. The van der Waals surface area contributed by atoms with Gasteiger partial charge in [-0.25, -0.2) is 0 Å². The van der Waals surface area contributed by atoms with E-state index in [0.29, 0.717) is 0 Å². The van der Waals surface area contributed by atoms with Gasteiger partial charge in [0, 0.05) is 89.8 Å². The molecule has 4 aliphatic heterocycles. The third-order valence-electron chi connectivity index (χ3n) is 20.7. The average molecular weight is 1190 g/mol. The Bertz CT molecular complexity index is 5680. The molecule has 0 saturated heterocycles. The number of anilines is 12. The summed E-state index contributed by atoms with van der Waals surface area (Å²) in [6, 6.07) is 123.